The molecule has 1 aromatic carbocycles. The number of aromatic nitrogens is 3. The van der Waals surface area contributed by atoms with Gasteiger partial charge < -0.3 is 9.74 Å². The Balaban J connectivity index is 1.83. The molecule has 0 aliphatic carbocycles. The number of carbonyl (C=O) groups is 1. The zero-order valence-electron chi connectivity index (χ0n) is 15.0. The summed E-state index contributed by atoms with van der Waals surface area (Å²) in [5.74, 6) is -0.113. The maximum absolute atomic E-state index is 12.7. The van der Waals surface area contributed by atoms with Gasteiger partial charge in [0.1, 0.15) is 11.0 Å². The van der Waals surface area contributed by atoms with Crippen LogP contribution in [0.15, 0.2) is 23.1 Å². The molecule has 1 fully saturated rings. The third-order valence-electron chi connectivity index (χ3n) is 4.50. The minimum atomic E-state index is -3.60. The van der Waals surface area contributed by atoms with E-state index >= 15 is 0 Å². The van der Waals surface area contributed by atoms with Gasteiger partial charge >= 0.3 is 0 Å². The van der Waals surface area contributed by atoms with E-state index in [0.717, 1.165) is 30.8 Å². The van der Waals surface area contributed by atoms with Crippen molar-refractivity contribution in [1.82, 2.24) is 24.4 Å². The number of likely N-dealkylation sites (tertiary alicyclic amines) is 1. The number of fused-ring (bicyclic) bond motifs is 1. The van der Waals surface area contributed by atoms with E-state index < -0.39 is 10.0 Å². The molecular formula is C16H23N5O4S. The van der Waals surface area contributed by atoms with Crippen LogP contribution in [-0.4, -0.2) is 71.5 Å². The molecule has 26 heavy (non-hydrogen) atoms. The second-order valence-electron chi connectivity index (χ2n) is 6.06. The minimum absolute atomic E-state index is 0.113. The lowest BCUT2D eigenvalue weighted by Gasteiger charge is -2.18. The zero-order chi connectivity index (χ0) is 18.7. The van der Waals surface area contributed by atoms with Crippen LogP contribution < -0.4 is 4.84 Å². The van der Waals surface area contributed by atoms with E-state index in [1.165, 1.54) is 16.4 Å². The molecule has 0 saturated carbocycles. The van der Waals surface area contributed by atoms with Gasteiger partial charge in [-0.15, -0.1) is 5.10 Å². The van der Waals surface area contributed by atoms with Gasteiger partial charge in [-0.05, 0) is 36.3 Å². The second kappa shape index (κ2) is 7.58. The summed E-state index contributed by atoms with van der Waals surface area (Å²) in [6.45, 7) is 5.67. The Morgan fingerprint density at radius 2 is 1.92 bits per heavy atom. The highest BCUT2D eigenvalue weighted by molar-refractivity contribution is 7.89. The van der Waals surface area contributed by atoms with Crippen molar-refractivity contribution in [2.45, 2.75) is 31.6 Å². The molecule has 2 aromatic rings. The van der Waals surface area contributed by atoms with Gasteiger partial charge in [0, 0.05) is 26.2 Å². The summed E-state index contributed by atoms with van der Waals surface area (Å²) in [5, 5.41) is 7.82. The average molecular weight is 381 g/mol. The lowest BCUT2D eigenvalue weighted by atomic mass is 10.3. The van der Waals surface area contributed by atoms with E-state index in [2.05, 4.69) is 10.3 Å². The third-order valence-corrected chi connectivity index (χ3v) is 6.54. The molecule has 1 saturated heterocycles. The molecule has 1 aliphatic heterocycles. The SMILES string of the molecule is CCN(CC)S(=O)(=O)c1ccc2nnn(OCC(=O)N3CCCC3)c2c1. The van der Waals surface area contributed by atoms with E-state index in [1.54, 1.807) is 24.8 Å². The van der Waals surface area contributed by atoms with Gasteiger partial charge in [0.05, 0.1) is 4.90 Å². The summed E-state index contributed by atoms with van der Waals surface area (Å²) in [6.07, 6.45) is 2.01. The van der Waals surface area contributed by atoms with Crippen molar-refractivity contribution in [1.29, 1.82) is 0 Å². The lowest BCUT2D eigenvalue weighted by Crippen LogP contribution is -2.34. The number of amides is 1. The molecular weight excluding hydrogens is 358 g/mol. The predicted octanol–water partition coefficient (Wildman–Crippen LogP) is 0.513. The second-order valence-corrected chi connectivity index (χ2v) is 8.00. The Morgan fingerprint density at radius 3 is 2.58 bits per heavy atom. The molecule has 0 radical (unpaired) electrons. The van der Waals surface area contributed by atoms with Crippen LogP contribution in [-0.2, 0) is 14.8 Å². The number of hydrogen-bond acceptors (Lipinski definition) is 6. The fourth-order valence-corrected chi connectivity index (χ4v) is 4.50. The first-order valence-electron chi connectivity index (χ1n) is 8.74. The highest BCUT2D eigenvalue weighted by Gasteiger charge is 2.23. The summed E-state index contributed by atoms with van der Waals surface area (Å²) in [6, 6.07) is 4.56. The van der Waals surface area contributed by atoms with E-state index in [1.807, 2.05) is 0 Å². The number of sulfonamides is 1. The average Bonchev–Trinajstić information content (AvgIpc) is 3.30. The van der Waals surface area contributed by atoms with E-state index in [0.29, 0.717) is 24.1 Å². The maximum atomic E-state index is 12.7. The van der Waals surface area contributed by atoms with E-state index in [9.17, 15) is 13.2 Å². The van der Waals surface area contributed by atoms with Crippen molar-refractivity contribution >= 4 is 27.0 Å². The van der Waals surface area contributed by atoms with Gasteiger partial charge in [0.2, 0.25) is 10.0 Å². The summed E-state index contributed by atoms with van der Waals surface area (Å²) in [5.41, 5.74) is 0.907. The molecule has 0 N–H and O–H groups in total. The first-order valence-corrected chi connectivity index (χ1v) is 10.2. The van der Waals surface area contributed by atoms with Gasteiger partial charge in [-0.1, -0.05) is 18.7 Å². The van der Waals surface area contributed by atoms with Crippen LogP contribution in [0, 0.1) is 0 Å². The number of carbonyl (C=O) groups excluding carboxylic acids is 1. The Kier molecular flexibility index (Phi) is 5.42. The molecule has 3 rings (SSSR count). The third kappa shape index (κ3) is 3.51. The fourth-order valence-electron chi connectivity index (χ4n) is 3.02. The molecule has 2 heterocycles. The van der Waals surface area contributed by atoms with Gasteiger partial charge in [0.15, 0.2) is 6.61 Å². The van der Waals surface area contributed by atoms with Crippen LogP contribution >= 0.6 is 0 Å². The van der Waals surface area contributed by atoms with E-state index in [-0.39, 0.29) is 17.4 Å². The van der Waals surface area contributed by atoms with Crippen molar-refractivity contribution < 1.29 is 18.0 Å². The van der Waals surface area contributed by atoms with Crippen molar-refractivity contribution in [3.8, 4) is 0 Å². The normalized spacial score (nSPS) is 15.1. The van der Waals surface area contributed by atoms with Crippen molar-refractivity contribution in [2.75, 3.05) is 32.8 Å². The summed E-state index contributed by atoms with van der Waals surface area (Å²) >= 11 is 0. The number of nitrogens with zero attached hydrogens (tertiary/aromatic N) is 5. The van der Waals surface area contributed by atoms with Crippen LogP contribution in [0.3, 0.4) is 0 Å². The highest BCUT2D eigenvalue weighted by atomic mass is 32.2. The summed E-state index contributed by atoms with van der Waals surface area (Å²) < 4.78 is 26.7. The highest BCUT2D eigenvalue weighted by Crippen LogP contribution is 2.20. The van der Waals surface area contributed by atoms with Crippen molar-refractivity contribution in [3.05, 3.63) is 18.2 Å². The molecule has 0 bridgehead atoms. The van der Waals surface area contributed by atoms with Gasteiger partial charge in [-0.2, -0.15) is 4.31 Å². The van der Waals surface area contributed by atoms with Crippen molar-refractivity contribution in [2.24, 2.45) is 0 Å². The molecule has 1 aromatic heterocycles. The van der Waals surface area contributed by atoms with Crippen LogP contribution in [0.2, 0.25) is 0 Å². The van der Waals surface area contributed by atoms with Crippen LogP contribution in [0.25, 0.3) is 11.0 Å². The van der Waals surface area contributed by atoms with Gasteiger partial charge in [-0.3, -0.25) is 4.79 Å². The number of rotatable bonds is 7. The first-order chi connectivity index (χ1) is 12.5. The molecule has 9 nitrogen and oxygen atoms in total. The largest absolute Gasteiger partial charge is 0.385 e. The Morgan fingerprint density at radius 1 is 1.23 bits per heavy atom. The van der Waals surface area contributed by atoms with Gasteiger partial charge in [0.25, 0.3) is 5.91 Å². The Bertz CT molecular complexity index is 885. The predicted molar refractivity (Wildman–Crippen MR) is 94.9 cm³/mol. The monoisotopic (exact) mass is 381 g/mol. The molecule has 1 amide bonds. The first kappa shape index (κ1) is 18.6. The minimum Gasteiger partial charge on any atom is -0.385 e. The number of benzene rings is 1. The zero-order valence-corrected chi connectivity index (χ0v) is 15.8. The Labute approximate surface area is 152 Å². The summed E-state index contributed by atoms with van der Waals surface area (Å²) in [4.78, 5) is 20.6. The van der Waals surface area contributed by atoms with Crippen molar-refractivity contribution in [3.63, 3.8) is 0 Å². The molecule has 0 spiro atoms. The quantitative estimate of drug-likeness (QED) is 0.693. The summed E-state index contributed by atoms with van der Waals surface area (Å²) in [7, 11) is -3.60. The standard InChI is InChI=1S/C16H23N5O4S/c1-3-20(4-2)26(23,24)13-7-8-14-15(11-13)21(18-17-14)25-12-16(22)19-9-5-6-10-19/h7-8,11H,3-6,9-10,12H2,1-2H3. The topological polar surface area (TPSA) is 97.6 Å². The van der Waals surface area contributed by atoms with Gasteiger partial charge in [-0.25, -0.2) is 8.42 Å². The number of hydrogen-bond donors (Lipinski definition) is 0. The van der Waals surface area contributed by atoms with Crippen LogP contribution in [0.4, 0.5) is 0 Å². The molecule has 0 unspecified atom stereocenters. The van der Waals surface area contributed by atoms with Crippen LogP contribution in [0.1, 0.15) is 26.7 Å². The molecule has 10 heteroatoms. The smallest absolute Gasteiger partial charge is 0.263 e. The molecule has 0 atom stereocenters. The molecule has 142 valence electrons. The van der Waals surface area contributed by atoms with E-state index in [4.69, 9.17) is 4.84 Å². The maximum Gasteiger partial charge on any atom is 0.263 e. The molecule has 1 aliphatic rings. The Hall–Kier alpha value is -2.20. The van der Waals surface area contributed by atoms with Crippen LogP contribution in [0.5, 0.6) is 0 Å². The lowest BCUT2D eigenvalue weighted by molar-refractivity contribution is -0.135. The fraction of sp³-hybridized carbons (Fsp3) is 0.562.